The number of benzene rings is 1. The van der Waals surface area contributed by atoms with E-state index in [0.29, 0.717) is 12.0 Å². The van der Waals surface area contributed by atoms with Crippen LogP contribution in [0.1, 0.15) is 44.6 Å². The van der Waals surface area contributed by atoms with Crippen molar-refractivity contribution in [3.8, 4) is 5.75 Å². The van der Waals surface area contributed by atoms with Crippen molar-refractivity contribution in [1.82, 2.24) is 0 Å². The number of unbranched alkanes of at least 4 members (excludes halogenated alkanes) is 3. The first-order valence-corrected chi connectivity index (χ1v) is 6.23. The highest BCUT2D eigenvalue weighted by Gasteiger charge is 1.98. The van der Waals surface area contributed by atoms with Gasteiger partial charge in [-0.3, -0.25) is 4.79 Å². The van der Waals surface area contributed by atoms with Crippen LogP contribution in [0, 0.1) is 0 Å². The minimum atomic E-state index is 0.129. The number of allylic oxidation sites excluding steroid dienone is 1. The Morgan fingerprint density at radius 1 is 1.24 bits per heavy atom. The van der Waals surface area contributed by atoms with E-state index in [4.69, 9.17) is 0 Å². The maximum absolute atomic E-state index is 11.5. The molecule has 0 fully saturated rings. The lowest BCUT2D eigenvalue weighted by Crippen LogP contribution is -1.92. The Morgan fingerprint density at radius 2 is 2.00 bits per heavy atom. The van der Waals surface area contributed by atoms with Crippen LogP contribution in [0.2, 0.25) is 0 Å². The summed E-state index contributed by atoms with van der Waals surface area (Å²) in [6.07, 6.45) is 8.28. The Morgan fingerprint density at radius 3 is 2.71 bits per heavy atom. The molecule has 0 aliphatic rings. The monoisotopic (exact) mass is 232 g/mol. The van der Waals surface area contributed by atoms with Crippen molar-refractivity contribution in [3.05, 3.63) is 35.9 Å². The van der Waals surface area contributed by atoms with Gasteiger partial charge in [-0.1, -0.05) is 44.4 Å². The van der Waals surface area contributed by atoms with Crippen molar-refractivity contribution in [1.29, 1.82) is 0 Å². The van der Waals surface area contributed by atoms with E-state index in [-0.39, 0.29) is 11.5 Å². The maximum Gasteiger partial charge on any atom is 0.155 e. The van der Waals surface area contributed by atoms with Gasteiger partial charge in [0.25, 0.3) is 0 Å². The predicted octanol–water partition coefficient (Wildman–Crippen LogP) is 3.94. The van der Waals surface area contributed by atoms with E-state index in [9.17, 15) is 9.90 Å². The zero-order chi connectivity index (χ0) is 12.5. The van der Waals surface area contributed by atoms with Gasteiger partial charge in [0.05, 0.1) is 0 Å². The van der Waals surface area contributed by atoms with Crippen LogP contribution in [-0.4, -0.2) is 10.9 Å². The summed E-state index contributed by atoms with van der Waals surface area (Å²) in [5.41, 5.74) is 0.689. The smallest absolute Gasteiger partial charge is 0.155 e. The van der Waals surface area contributed by atoms with E-state index in [1.807, 2.05) is 6.07 Å². The summed E-state index contributed by atoms with van der Waals surface area (Å²) < 4.78 is 0. The predicted molar refractivity (Wildman–Crippen MR) is 70.9 cm³/mol. The highest BCUT2D eigenvalue weighted by atomic mass is 16.3. The van der Waals surface area contributed by atoms with Crippen LogP contribution >= 0.6 is 0 Å². The Bertz CT molecular complexity index is 380. The number of rotatable bonds is 7. The van der Waals surface area contributed by atoms with Gasteiger partial charge in [-0.2, -0.15) is 0 Å². The standard InChI is InChI=1S/C15H20O2/c1-2-3-4-5-9-14(16)12-11-13-8-6-7-10-15(13)17/h6-8,10-12,17H,2-5,9H2,1H3/b12-11+. The lowest BCUT2D eigenvalue weighted by molar-refractivity contribution is -0.114. The highest BCUT2D eigenvalue weighted by Crippen LogP contribution is 2.17. The third kappa shape index (κ3) is 5.34. The van der Waals surface area contributed by atoms with Crippen molar-refractivity contribution in [2.24, 2.45) is 0 Å². The first kappa shape index (κ1) is 13.5. The van der Waals surface area contributed by atoms with Gasteiger partial charge in [0.1, 0.15) is 5.75 Å². The number of carbonyl (C=O) groups is 1. The molecule has 2 nitrogen and oxygen atoms in total. The molecule has 0 heterocycles. The van der Waals surface area contributed by atoms with Crippen LogP contribution in [0.25, 0.3) is 6.08 Å². The van der Waals surface area contributed by atoms with Crippen LogP contribution in [-0.2, 0) is 4.79 Å². The summed E-state index contributed by atoms with van der Waals surface area (Å²) in [4.78, 5) is 11.5. The van der Waals surface area contributed by atoms with Crippen LogP contribution < -0.4 is 0 Å². The second-order valence-corrected chi connectivity index (χ2v) is 4.17. The van der Waals surface area contributed by atoms with Gasteiger partial charge >= 0.3 is 0 Å². The molecule has 0 radical (unpaired) electrons. The molecular formula is C15H20O2. The third-order valence-corrected chi connectivity index (χ3v) is 2.66. The molecule has 0 spiro atoms. The molecule has 1 N–H and O–H groups in total. The number of phenols is 1. The molecule has 17 heavy (non-hydrogen) atoms. The fourth-order valence-electron chi connectivity index (χ4n) is 1.62. The first-order chi connectivity index (χ1) is 8.24. The fraction of sp³-hybridized carbons (Fsp3) is 0.400. The van der Waals surface area contributed by atoms with Gasteiger partial charge in [-0.25, -0.2) is 0 Å². The summed E-state index contributed by atoms with van der Waals surface area (Å²) in [5.74, 6) is 0.340. The van der Waals surface area contributed by atoms with Gasteiger partial charge in [0.15, 0.2) is 5.78 Å². The van der Waals surface area contributed by atoms with E-state index < -0.39 is 0 Å². The molecule has 0 amide bonds. The van der Waals surface area contributed by atoms with Crippen LogP contribution in [0.15, 0.2) is 30.3 Å². The molecule has 0 atom stereocenters. The van der Waals surface area contributed by atoms with Crippen LogP contribution in [0.3, 0.4) is 0 Å². The Kier molecular flexibility index (Phi) is 6.08. The van der Waals surface area contributed by atoms with Crippen LogP contribution in [0.4, 0.5) is 0 Å². The molecule has 0 unspecified atom stereocenters. The summed E-state index contributed by atoms with van der Waals surface area (Å²) in [6, 6.07) is 7.01. The van der Waals surface area contributed by atoms with Gasteiger partial charge in [-0.15, -0.1) is 0 Å². The molecule has 0 aliphatic heterocycles. The number of aromatic hydroxyl groups is 1. The quantitative estimate of drug-likeness (QED) is 0.571. The van der Waals surface area contributed by atoms with E-state index in [0.717, 1.165) is 12.8 Å². The highest BCUT2D eigenvalue weighted by molar-refractivity contribution is 5.93. The van der Waals surface area contributed by atoms with E-state index in [2.05, 4.69) is 6.92 Å². The van der Waals surface area contributed by atoms with Crippen molar-refractivity contribution >= 4 is 11.9 Å². The normalized spacial score (nSPS) is 10.9. The summed E-state index contributed by atoms with van der Waals surface area (Å²) >= 11 is 0. The summed E-state index contributed by atoms with van der Waals surface area (Å²) in [7, 11) is 0. The van der Waals surface area contributed by atoms with E-state index in [1.165, 1.54) is 12.8 Å². The molecule has 0 aromatic heterocycles. The lowest BCUT2D eigenvalue weighted by Gasteiger charge is -1.98. The van der Waals surface area contributed by atoms with Crippen molar-refractivity contribution < 1.29 is 9.90 Å². The largest absolute Gasteiger partial charge is 0.507 e. The molecule has 92 valence electrons. The molecule has 1 aromatic rings. The Labute approximate surface area is 103 Å². The molecule has 0 saturated carbocycles. The molecule has 0 saturated heterocycles. The van der Waals surface area contributed by atoms with E-state index >= 15 is 0 Å². The fourth-order valence-corrected chi connectivity index (χ4v) is 1.62. The number of ketones is 1. The number of para-hydroxylation sites is 1. The van der Waals surface area contributed by atoms with E-state index in [1.54, 1.807) is 30.4 Å². The summed E-state index contributed by atoms with van der Waals surface area (Å²) in [6.45, 7) is 2.15. The average molecular weight is 232 g/mol. The maximum atomic E-state index is 11.5. The number of hydrogen-bond donors (Lipinski definition) is 1. The number of phenolic OH excluding ortho intramolecular Hbond substituents is 1. The minimum Gasteiger partial charge on any atom is -0.507 e. The molecule has 0 aliphatic carbocycles. The zero-order valence-electron chi connectivity index (χ0n) is 10.4. The van der Waals surface area contributed by atoms with Gasteiger partial charge in [0, 0.05) is 12.0 Å². The second-order valence-electron chi connectivity index (χ2n) is 4.17. The Balaban J connectivity index is 2.38. The average Bonchev–Trinajstić information content (AvgIpc) is 2.34. The third-order valence-electron chi connectivity index (χ3n) is 2.66. The van der Waals surface area contributed by atoms with Gasteiger partial charge in [-0.05, 0) is 24.6 Å². The van der Waals surface area contributed by atoms with Crippen molar-refractivity contribution in [2.45, 2.75) is 39.0 Å². The van der Waals surface area contributed by atoms with Crippen molar-refractivity contribution in [2.75, 3.05) is 0 Å². The number of carbonyl (C=O) groups excluding carboxylic acids is 1. The van der Waals surface area contributed by atoms with Gasteiger partial charge < -0.3 is 5.11 Å². The molecule has 1 aromatic carbocycles. The van der Waals surface area contributed by atoms with Crippen molar-refractivity contribution in [3.63, 3.8) is 0 Å². The minimum absolute atomic E-state index is 0.129. The zero-order valence-corrected chi connectivity index (χ0v) is 10.4. The van der Waals surface area contributed by atoms with Gasteiger partial charge in [0.2, 0.25) is 0 Å². The molecule has 1 rings (SSSR count). The topological polar surface area (TPSA) is 37.3 Å². The first-order valence-electron chi connectivity index (χ1n) is 6.23. The molecule has 2 heteroatoms. The molecular weight excluding hydrogens is 212 g/mol. The number of hydrogen-bond acceptors (Lipinski definition) is 2. The Hall–Kier alpha value is -1.57. The SMILES string of the molecule is CCCCCCC(=O)/C=C/c1ccccc1O. The second kappa shape index (κ2) is 7.66. The molecule has 0 bridgehead atoms. The van der Waals surface area contributed by atoms with Crippen LogP contribution in [0.5, 0.6) is 5.75 Å². The lowest BCUT2D eigenvalue weighted by atomic mass is 10.1. The summed E-state index contributed by atoms with van der Waals surface area (Å²) in [5, 5.41) is 9.51.